The predicted octanol–water partition coefficient (Wildman–Crippen LogP) is 1.90. The molecule has 2 N–H and O–H groups in total. The van der Waals surface area contributed by atoms with Gasteiger partial charge in [0.05, 0.1) is 5.69 Å². The molecule has 0 aliphatic heterocycles. The van der Waals surface area contributed by atoms with Crippen molar-refractivity contribution in [3.8, 4) is 17.0 Å². The number of phenols is 1. The lowest BCUT2D eigenvalue weighted by Crippen LogP contribution is -1.81. The van der Waals surface area contributed by atoms with Crippen molar-refractivity contribution in [2.75, 3.05) is 0 Å². The molecule has 0 radical (unpaired) electrons. The smallest absolute Gasteiger partial charge is 0.185 e. The van der Waals surface area contributed by atoms with E-state index in [1.807, 2.05) is 13.0 Å². The van der Waals surface area contributed by atoms with E-state index in [-0.39, 0.29) is 5.75 Å². The minimum atomic E-state index is 0.183. The van der Waals surface area contributed by atoms with Gasteiger partial charge in [0.15, 0.2) is 12.1 Å². The third-order valence-electron chi connectivity index (χ3n) is 2.13. The van der Waals surface area contributed by atoms with Crippen LogP contribution in [0.2, 0.25) is 0 Å². The third-order valence-corrected chi connectivity index (χ3v) is 2.13. The number of benzene rings is 1. The van der Waals surface area contributed by atoms with E-state index in [0.717, 1.165) is 11.3 Å². The number of aryl methyl sites for hydroxylation is 1. The van der Waals surface area contributed by atoms with Gasteiger partial charge in [0, 0.05) is 11.3 Å². The second-order valence-electron chi connectivity index (χ2n) is 3.26. The van der Waals surface area contributed by atoms with Crippen LogP contribution in [-0.2, 0) is 0 Å². The number of aromatic nitrogens is 2. The Balaban J connectivity index is 2.53. The fourth-order valence-electron chi connectivity index (χ4n) is 1.47. The number of aromatic hydroxyl groups is 1. The highest BCUT2D eigenvalue weighted by Gasteiger charge is 2.08. The van der Waals surface area contributed by atoms with Crippen LogP contribution in [0.25, 0.3) is 11.3 Å². The first-order chi connectivity index (χ1) is 7.20. The predicted molar refractivity (Wildman–Crippen MR) is 55.8 cm³/mol. The number of carbonyl (C=O) groups excluding carboxylic acids is 1. The SMILES string of the molecule is Cc1[nH]c(C=O)nc1-c1cccc(O)c1. The maximum atomic E-state index is 10.5. The van der Waals surface area contributed by atoms with Crippen LogP contribution in [0.1, 0.15) is 16.3 Å². The highest BCUT2D eigenvalue weighted by Crippen LogP contribution is 2.23. The number of hydrogen-bond donors (Lipinski definition) is 2. The number of imidazole rings is 1. The van der Waals surface area contributed by atoms with E-state index in [1.165, 1.54) is 0 Å². The first-order valence-electron chi connectivity index (χ1n) is 4.52. The number of aldehydes is 1. The molecule has 0 aliphatic rings. The molecule has 1 aromatic carbocycles. The largest absolute Gasteiger partial charge is 0.508 e. The summed E-state index contributed by atoms with van der Waals surface area (Å²) in [6, 6.07) is 6.76. The summed E-state index contributed by atoms with van der Waals surface area (Å²) in [6.45, 7) is 1.83. The summed E-state index contributed by atoms with van der Waals surface area (Å²) >= 11 is 0. The van der Waals surface area contributed by atoms with Crippen LogP contribution in [0.4, 0.5) is 0 Å². The van der Waals surface area contributed by atoms with E-state index in [0.29, 0.717) is 17.8 Å². The molecule has 0 saturated carbocycles. The topological polar surface area (TPSA) is 66.0 Å². The van der Waals surface area contributed by atoms with Crippen LogP contribution in [0.3, 0.4) is 0 Å². The molecular formula is C11H10N2O2. The van der Waals surface area contributed by atoms with Gasteiger partial charge in [-0.3, -0.25) is 4.79 Å². The molecule has 0 aliphatic carbocycles. The lowest BCUT2D eigenvalue weighted by atomic mass is 10.1. The highest BCUT2D eigenvalue weighted by molar-refractivity contribution is 5.73. The quantitative estimate of drug-likeness (QED) is 0.731. The molecule has 1 heterocycles. The Kier molecular flexibility index (Phi) is 2.25. The van der Waals surface area contributed by atoms with Crippen molar-refractivity contribution >= 4 is 6.29 Å². The first-order valence-corrected chi connectivity index (χ1v) is 4.52. The molecule has 76 valence electrons. The van der Waals surface area contributed by atoms with Crippen molar-refractivity contribution < 1.29 is 9.90 Å². The van der Waals surface area contributed by atoms with Crippen molar-refractivity contribution in [1.82, 2.24) is 9.97 Å². The molecule has 4 nitrogen and oxygen atoms in total. The first kappa shape index (κ1) is 9.45. The second-order valence-corrected chi connectivity index (χ2v) is 3.26. The molecule has 4 heteroatoms. The van der Waals surface area contributed by atoms with E-state index in [4.69, 9.17) is 0 Å². The zero-order valence-corrected chi connectivity index (χ0v) is 8.19. The van der Waals surface area contributed by atoms with Gasteiger partial charge in [-0.25, -0.2) is 4.98 Å². The molecule has 2 aromatic rings. The van der Waals surface area contributed by atoms with Crippen molar-refractivity contribution in [3.63, 3.8) is 0 Å². The zero-order valence-electron chi connectivity index (χ0n) is 8.19. The Morgan fingerprint density at radius 3 is 2.87 bits per heavy atom. The summed E-state index contributed by atoms with van der Waals surface area (Å²) in [5, 5.41) is 9.32. The molecular weight excluding hydrogens is 192 g/mol. The summed E-state index contributed by atoms with van der Waals surface area (Å²) in [4.78, 5) is 17.5. The molecule has 0 fully saturated rings. The third kappa shape index (κ3) is 1.74. The van der Waals surface area contributed by atoms with Gasteiger partial charge in [-0.1, -0.05) is 12.1 Å². The fraction of sp³-hybridized carbons (Fsp3) is 0.0909. The molecule has 0 atom stereocenters. The summed E-state index contributed by atoms with van der Waals surface area (Å²) < 4.78 is 0. The van der Waals surface area contributed by atoms with Crippen molar-refractivity contribution in [3.05, 3.63) is 35.8 Å². The maximum Gasteiger partial charge on any atom is 0.185 e. The minimum Gasteiger partial charge on any atom is -0.508 e. The Morgan fingerprint density at radius 2 is 2.27 bits per heavy atom. The van der Waals surface area contributed by atoms with Gasteiger partial charge in [0.25, 0.3) is 0 Å². The van der Waals surface area contributed by atoms with Gasteiger partial charge < -0.3 is 10.1 Å². The standard InChI is InChI=1S/C11H10N2O2/c1-7-11(13-10(6-14)12-7)8-3-2-4-9(15)5-8/h2-6,15H,1H3,(H,12,13). The monoisotopic (exact) mass is 202 g/mol. The van der Waals surface area contributed by atoms with Crippen molar-refractivity contribution in [2.45, 2.75) is 6.92 Å². The molecule has 0 spiro atoms. The number of aromatic amines is 1. The van der Waals surface area contributed by atoms with E-state index >= 15 is 0 Å². The molecule has 15 heavy (non-hydrogen) atoms. The molecule has 0 unspecified atom stereocenters. The van der Waals surface area contributed by atoms with Gasteiger partial charge in [-0.05, 0) is 19.1 Å². The number of carbonyl (C=O) groups is 1. The Bertz CT molecular complexity index is 503. The van der Waals surface area contributed by atoms with E-state index in [1.54, 1.807) is 18.2 Å². The second kappa shape index (κ2) is 3.57. The van der Waals surface area contributed by atoms with Crippen LogP contribution >= 0.6 is 0 Å². The van der Waals surface area contributed by atoms with Crippen LogP contribution in [0.5, 0.6) is 5.75 Å². The maximum absolute atomic E-state index is 10.5. The summed E-state index contributed by atoms with van der Waals surface area (Å²) in [6.07, 6.45) is 0.666. The molecule has 2 rings (SSSR count). The van der Waals surface area contributed by atoms with Gasteiger partial charge in [-0.15, -0.1) is 0 Å². The van der Waals surface area contributed by atoms with Gasteiger partial charge in [0.2, 0.25) is 0 Å². The van der Waals surface area contributed by atoms with Gasteiger partial charge >= 0.3 is 0 Å². The fourth-order valence-corrected chi connectivity index (χ4v) is 1.47. The van der Waals surface area contributed by atoms with E-state index < -0.39 is 0 Å². The number of rotatable bonds is 2. The normalized spacial score (nSPS) is 10.2. The average Bonchev–Trinajstić information content (AvgIpc) is 2.60. The van der Waals surface area contributed by atoms with Gasteiger partial charge in [-0.2, -0.15) is 0 Å². The van der Waals surface area contributed by atoms with Gasteiger partial charge in [0.1, 0.15) is 5.75 Å². The average molecular weight is 202 g/mol. The number of nitrogens with one attached hydrogen (secondary N) is 1. The summed E-state index contributed by atoms with van der Waals surface area (Å²) in [5.74, 6) is 0.480. The minimum absolute atomic E-state index is 0.183. The Morgan fingerprint density at radius 1 is 1.47 bits per heavy atom. The van der Waals surface area contributed by atoms with Crippen LogP contribution < -0.4 is 0 Å². The molecule has 0 saturated heterocycles. The molecule has 0 amide bonds. The van der Waals surface area contributed by atoms with Crippen LogP contribution in [0.15, 0.2) is 24.3 Å². The van der Waals surface area contributed by atoms with Crippen LogP contribution in [-0.4, -0.2) is 21.4 Å². The number of hydrogen-bond acceptors (Lipinski definition) is 3. The molecule has 0 bridgehead atoms. The Hall–Kier alpha value is -2.10. The summed E-state index contributed by atoms with van der Waals surface area (Å²) in [5.41, 5.74) is 2.28. The van der Waals surface area contributed by atoms with E-state index in [9.17, 15) is 9.90 Å². The van der Waals surface area contributed by atoms with Crippen molar-refractivity contribution in [2.24, 2.45) is 0 Å². The molecule has 1 aromatic heterocycles. The number of nitrogens with zero attached hydrogens (tertiary/aromatic N) is 1. The number of phenolic OH excluding ortho intramolecular Hbond substituents is 1. The van der Waals surface area contributed by atoms with Crippen molar-refractivity contribution in [1.29, 1.82) is 0 Å². The van der Waals surface area contributed by atoms with Crippen LogP contribution in [0, 0.1) is 6.92 Å². The zero-order chi connectivity index (χ0) is 10.8. The number of H-pyrrole nitrogens is 1. The lowest BCUT2D eigenvalue weighted by molar-refractivity contribution is 0.111. The highest BCUT2D eigenvalue weighted by atomic mass is 16.3. The Labute approximate surface area is 86.6 Å². The summed E-state index contributed by atoms with van der Waals surface area (Å²) in [7, 11) is 0. The lowest BCUT2D eigenvalue weighted by Gasteiger charge is -1.98. The van der Waals surface area contributed by atoms with E-state index in [2.05, 4.69) is 9.97 Å².